The lowest BCUT2D eigenvalue weighted by atomic mass is 10.1. The minimum absolute atomic E-state index is 0.0471. The highest BCUT2D eigenvalue weighted by atomic mass is 16.4. The molecule has 0 aromatic rings. The van der Waals surface area contributed by atoms with Crippen LogP contribution in [0.1, 0.15) is 25.7 Å². The predicted molar refractivity (Wildman–Crippen MR) is 136 cm³/mol. The summed E-state index contributed by atoms with van der Waals surface area (Å²) in [6, 6.07) is -0.427. The van der Waals surface area contributed by atoms with Gasteiger partial charge in [-0.2, -0.15) is 0 Å². The summed E-state index contributed by atoms with van der Waals surface area (Å²) in [5.74, 6) is -4.22. The molecule has 1 aliphatic heterocycles. The maximum atomic E-state index is 12.6. The molecule has 0 aliphatic carbocycles. The van der Waals surface area contributed by atoms with Crippen LogP contribution in [0.25, 0.3) is 0 Å². The lowest BCUT2D eigenvalue weighted by Crippen LogP contribution is -2.49. The SMILES string of the molecule is N[C@@H](CCCCNC(=O)CN1CCN(CC(=O)O)CCN(CC(=O)O)CCN(CC(=O)O)CC1)CC(=O)O. The Kier molecular flexibility index (Phi) is 16.1. The number of hydrogen-bond donors (Lipinski definition) is 6. The van der Waals surface area contributed by atoms with E-state index < -0.39 is 29.9 Å². The summed E-state index contributed by atoms with van der Waals surface area (Å²) in [5, 5.41) is 39.4. The molecule has 38 heavy (non-hydrogen) atoms. The highest BCUT2D eigenvalue weighted by molar-refractivity contribution is 5.78. The minimum atomic E-state index is -1.02. The number of rotatable bonds is 15. The second-order valence-corrected chi connectivity index (χ2v) is 9.49. The zero-order valence-electron chi connectivity index (χ0n) is 21.8. The number of nitrogens with two attached hydrogens (primary N) is 1. The normalized spacial score (nSPS) is 18.1. The fourth-order valence-corrected chi connectivity index (χ4v) is 4.13. The molecule has 0 aromatic heterocycles. The first-order valence-corrected chi connectivity index (χ1v) is 12.7. The van der Waals surface area contributed by atoms with Gasteiger partial charge in [0.1, 0.15) is 0 Å². The molecule has 0 saturated carbocycles. The molecule has 0 aromatic carbocycles. The molecule has 0 radical (unpaired) electrons. The quantitative estimate of drug-likeness (QED) is 0.118. The Morgan fingerprint density at radius 3 is 1.32 bits per heavy atom. The van der Waals surface area contributed by atoms with Crippen molar-refractivity contribution in [1.29, 1.82) is 0 Å². The smallest absolute Gasteiger partial charge is 0.317 e. The summed E-state index contributed by atoms with van der Waals surface area (Å²) in [7, 11) is 0. The second kappa shape index (κ2) is 18.4. The third-order valence-electron chi connectivity index (χ3n) is 6.13. The van der Waals surface area contributed by atoms with Crippen LogP contribution in [0.4, 0.5) is 0 Å². The third-order valence-corrected chi connectivity index (χ3v) is 6.13. The molecule has 1 heterocycles. The van der Waals surface area contributed by atoms with Gasteiger partial charge in [-0.1, -0.05) is 6.42 Å². The molecule has 0 spiro atoms. The fraction of sp³-hybridized carbons (Fsp3) is 0.783. The van der Waals surface area contributed by atoms with Crippen LogP contribution in [0.5, 0.6) is 0 Å². The van der Waals surface area contributed by atoms with Crippen molar-refractivity contribution >= 4 is 29.8 Å². The van der Waals surface area contributed by atoms with Crippen LogP contribution in [-0.4, -0.2) is 161 Å². The minimum Gasteiger partial charge on any atom is -0.481 e. The summed E-state index contributed by atoms with van der Waals surface area (Å²) in [4.78, 5) is 64.1. The molecular weight excluding hydrogens is 504 g/mol. The topological polar surface area (TPSA) is 217 Å². The zero-order chi connectivity index (χ0) is 28.5. The molecule has 218 valence electrons. The van der Waals surface area contributed by atoms with E-state index in [1.807, 2.05) is 4.90 Å². The maximum absolute atomic E-state index is 12.6. The van der Waals surface area contributed by atoms with E-state index in [9.17, 15) is 39.3 Å². The molecule has 1 rings (SSSR count). The van der Waals surface area contributed by atoms with E-state index in [1.165, 1.54) is 0 Å². The number of unbranched alkanes of at least 4 members (excludes halogenated alkanes) is 1. The van der Waals surface area contributed by atoms with Crippen molar-refractivity contribution in [3.8, 4) is 0 Å². The molecular formula is C23H42N6O9. The largest absolute Gasteiger partial charge is 0.481 e. The van der Waals surface area contributed by atoms with Gasteiger partial charge in [0, 0.05) is 64.9 Å². The van der Waals surface area contributed by atoms with Crippen LogP contribution in [0.3, 0.4) is 0 Å². The highest BCUT2D eigenvalue weighted by Gasteiger charge is 2.21. The van der Waals surface area contributed by atoms with Crippen LogP contribution >= 0.6 is 0 Å². The summed E-state index contributed by atoms with van der Waals surface area (Å²) in [6.07, 6.45) is 1.75. The van der Waals surface area contributed by atoms with Crippen molar-refractivity contribution in [2.75, 3.05) is 85.1 Å². The predicted octanol–water partition coefficient (Wildman–Crippen LogP) is -2.45. The number of hydrogen-bond acceptors (Lipinski definition) is 10. The van der Waals surface area contributed by atoms with Gasteiger partial charge in [-0.25, -0.2) is 0 Å². The van der Waals surface area contributed by atoms with E-state index in [0.717, 1.165) is 0 Å². The number of aliphatic carboxylic acids is 4. The van der Waals surface area contributed by atoms with Crippen LogP contribution in [-0.2, 0) is 24.0 Å². The van der Waals surface area contributed by atoms with Gasteiger partial charge >= 0.3 is 23.9 Å². The standard InChI is InChI=1S/C23H42N6O9/c24-18(13-20(31)32)3-1-2-4-25-19(30)14-26-5-7-27(15-21(33)34)9-11-29(17-23(37)38)12-10-28(8-6-26)16-22(35)36/h18H,1-17,24H2,(H,25,30)(H,31,32)(H,33,34)(H,35,36)(H,37,38)/t18-/m0/s1. The number of amides is 1. The molecule has 1 fully saturated rings. The van der Waals surface area contributed by atoms with Gasteiger partial charge in [0.15, 0.2) is 0 Å². The second-order valence-electron chi connectivity index (χ2n) is 9.49. The summed E-state index contributed by atoms with van der Waals surface area (Å²) in [5.41, 5.74) is 5.74. The third kappa shape index (κ3) is 16.8. The van der Waals surface area contributed by atoms with Crippen LogP contribution in [0, 0.1) is 0 Å². The summed E-state index contributed by atoms with van der Waals surface area (Å²) < 4.78 is 0. The molecule has 7 N–H and O–H groups in total. The Morgan fingerprint density at radius 1 is 0.605 bits per heavy atom. The Hall–Kier alpha value is -2.85. The Labute approximate surface area is 222 Å². The Morgan fingerprint density at radius 2 is 0.974 bits per heavy atom. The van der Waals surface area contributed by atoms with E-state index in [1.54, 1.807) is 14.7 Å². The lowest BCUT2D eigenvalue weighted by molar-refractivity contribution is -0.140. The van der Waals surface area contributed by atoms with Gasteiger partial charge < -0.3 is 31.5 Å². The molecule has 15 nitrogen and oxygen atoms in total. The highest BCUT2D eigenvalue weighted by Crippen LogP contribution is 2.03. The molecule has 1 aliphatic rings. The average molecular weight is 547 g/mol. The van der Waals surface area contributed by atoms with Crippen LogP contribution < -0.4 is 11.1 Å². The number of nitrogens with one attached hydrogen (secondary N) is 1. The Bertz CT molecular complexity index is 752. The van der Waals surface area contributed by atoms with E-state index in [2.05, 4.69) is 5.32 Å². The lowest BCUT2D eigenvalue weighted by Gasteiger charge is -2.32. The summed E-state index contributed by atoms with van der Waals surface area (Å²) >= 11 is 0. The van der Waals surface area contributed by atoms with E-state index in [-0.39, 0.29) is 38.5 Å². The van der Waals surface area contributed by atoms with Crippen molar-refractivity contribution < 1.29 is 44.4 Å². The number of nitrogens with zero attached hydrogens (tertiary/aromatic N) is 4. The van der Waals surface area contributed by atoms with Crippen molar-refractivity contribution in [2.24, 2.45) is 5.73 Å². The number of carbonyl (C=O) groups excluding carboxylic acids is 1. The number of carboxylic acids is 4. The average Bonchev–Trinajstić information content (AvgIpc) is 2.79. The van der Waals surface area contributed by atoms with Gasteiger partial charge in [-0.05, 0) is 12.8 Å². The molecule has 0 bridgehead atoms. The van der Waals surface area contributed by atoms with Gasteiger partial charge in [0.05, 0.1) is 32.6 Å². The Balaban J connectivity index is 2.73. The molecule has 1 atom stereocenters. The summed E-state index contributed by atoms with van der Waals surface area (Å²) in [6.45, 7) is 2.38. The fourth-order valence-electron chi connectivity index (χ4n) is 4.13. The monoisotopic (exact) mass is 546 g/mol. The molecule has 1 amide bonds. The van der Waals surface area contributed by atoms with Crippen molar-refractivity contribution in [1.82, 2.24) is 24.9 Å². The van der Waals surface area contributed by atoms with Gasteiger partial charge in [0.25, 0.3) is 0 Å². The first-order chi connectivity index (χ1) is 17.9. The zero-order valence-corrected chi connectivity index (χ0v) is 21.8. The van der Waals surface area contributed by atoms with Gasteiger partial charge in [-0.15, -0.1) is 0 Å². The first kappa shape index (κ1) is 33.2. The molecule has 0 unspecified atom stereocenters. The van der Waals surface area contributed by atoms with Crippen molar-refractivity contribution in [3.63, 3.8) is 0 Å². The maximum Gasteiger partial charge on any atom is 0.317 e. The van der Waals surface area contributed by atoms with Gasteiger partial charge in [0.2, 0.25) is 5.91 Å². The van der Waals surface area contributed by atoms with Gasteiger partial charge in [-0.3, -0.25) is 43.6 Å². The van der Waals surface area contributed by atoms with E-state index >= 15 is 0 Å². The number of carbonyl (C=O) groups is 5. The van der Waals surface area contributed by atoms with Crippen LogP contribution in [0.2, 0.25) is 0 Å². The molecule has 1 saturated heterocycles. The number of carboxylic acid groups (broad SMARTS) is 4. The van der Waals surface area contributed by atoms with E-state index in [0.29, 0.717) is 78.2 Å². The van der Waals surface area contributed by atoms with E-state index in [4.69, 9.17) is 10.8 Å². The van der Waals surface area contributed by atoms with Crippen molar-refractivity contribution in [3.05, 3.63) is 0 Å². The van der Waals surface area contributed by atoms with Crippen molar-refractivity contribution in [2.45, 2.75) is 31.7 Å². The first-order valence-electron chi connectivity index (χ1n) is 12.7. The molecule has 15 heteroatoms. The van der Waals surface area contributed by atoms with Crippen LogP contribution in [0.15, 0.2) is 0 Å².